The number of benzene rings is 1. The van der Waals surface area contributed by atoms with E-state index >= 15 is 0 Å². The van der Waals surface area contributed by atoms with Crippen molar-refractivity contribution >= 4 is 23.2 Å². The van der Waals surface area contributed by atoms with E-state index in [1.54, 1.807) is 18.6 Å². The Kier molecular flexibility index (Phi) is 8.43. The maximum absolute atomic E-state index is 13.3. The molecule has 1 amide bonds. The van der Waals surface area contributed by atoms with Gasteiger partial charge in [-0.2, -0.15) is 0 Å². The Labute approximate surface area is 228 Å². The summed E-state index contributed by atoms with van der Waals surface area (Å²) in [7, 11) is 2.08. The topological polar surface area (TPSA) is 118 Å². The summed E-state index contributed by atoms with van der Waals surface area (Å²) in [5, 5.41) is 0. The number of pyridine rings is 1. The van der Waals surface area contributed by atoms with Gasteiger partial charge in [-0.25, -0.2) is 9.97 Å². The van der Waals surface area contributed by atoms with Crippen LogP contribution < -0.4 is 10.6 Å². The number of Topliss-reactive ketones (excluding diaryl/α,β-unsaturated/α-hetero) is 1. The number of aryl methyl sites for hydroxylation is 1. The molecule has 204 valence electrons. The van der Waals surface area contributed by atoms with E-state index < -0.39 is 0 Å². The SMILES string of the molecule is CN1CCN(C(=O)CCc2ccc(-c3cnc(N)c(C(=O)Cc4cnccc4N4CCOCC4)n3)cc2)CC1. The number of amides is 1. The van der Waals surface area contributed by atoms with Crippen LogP contribution in [0.15, 0.2) is 48.9 Å². The number of carbonyl (C=O) groups is 2. The molecule has 0 atom stereocenters. The van der Waals surface area contributed by atoms with Gasteiger partial charge < -0.3 is 25.2 Å². The van der Waals surface area contributed by atoms with E-state index in [4.69, 9.17) is 10.5 Å². The third-order valence-electron chi connectivity index (χ3n) is 7.38. The van der Waals surface area contributed by atoms with Crippen LogP contribution in [0.4, 0.5) is 11.5 Å². The summed E-state index contributed by atoms with van der Waals surface area (Å²) < 4.78 is 5.46. The predicted molar refractivity (Wildman–Crippen MR) is 150 cm³/mol. The molecule has 4 heterocycles. The lowest BCUT2D eigenvalue weighted by Gasteiger charge is -2.32. The van der Waals surface area contributed by atoms with Gasteiger partial charge >= 0.3 is 0 Å². The highest BCUT2D eigenvalue weighted by atomic mass is 16.5. The molecule has 2 aliphatic rings. The first-order valence-corrected chi connectivity index (χ1v) is 13.4. The zero-order chi connectivity index (χ0) is 27.2. The monoisotopic (exact) mass is 529 g/mol. The molecule has 5 rings (SSSR count). The second-order valence-electron chi connectivity index (χ2n) is 10.1. The number of nitrogen functional groups attached to an aromatic ring is 1. The number of morpholine rings is 1. The van der Waals surface area contributed by atoms with Crippen molar-refractivity contribution in [3.05, 3.63) is 65.7 Å². The van der Waals surface area contributed by atoms with Crippen LogP contribution in [-0.4, -0.2) is 96.0 Å². The Bertz CT molecular complexity index is 1300. The van der Waals surface area contributed by atoms with E-state index in [2.05, 4.69) is 31.8 Å². The fourth-order valence-electron chi connectivity index (χ4n) is 4.98. The van der Waals surface area contributed by atoms with Crippen LogP contribution in [0.1, 0.15) is 28.0 Å². The van der Waals surface area contributed by atoms with Crippen molar-refractivity contribution in [3.63, 3.8) is 0 Å². The van der Waals surface area contributed by atoms with Crippen LogP contribution in [0.5, 0.6) is 0 Å². The lowest BCUT2D eigenvalue weighted by molar-refractivity contribution is -0.132. The first-order valence-electron chi connectivity index (χ1n) is 13.4. The van der Waals surface area contributed by atoms with Crippen LogP contribution in [-0.2, 0) is 22.4 Å². The van der Waals surface area contributed by atoms with E-state index in [9.17, 15) is 9.59 Å². The van der Waals surface area contributed by atoms with E-state index in [0.717, 1.165) is 61.6 Å². The van der Waals surface area contributed by atoms with Gasteiger partial charge in [0.15, 0.2) is 11.6 Å². The summed E-state index contributed by atoms with van der Waals surface area (Å²) in [4.78, 5) is 45.4. The van der Waals surface area contributed by atoms with Crippen molar-refractivity contribution in [2.45, 2.75) is 19.3 Å². The number of anilines is 2. The number of ether oxygens (including phenoxy) is 1. The van der Waals surface area contributed by atoms with E-state index in [1.807, 2.05) is 35.2 Å². The second-order valence-corrected chi connectivity index (χ2v) is 10.1. The lowest BCUT2D eigenvalue weighted by Crippen LogP contribution is -2.47. The first kappa shape index (κ1) is 26.7. The number of aromatic nitrogens is 3. The molecule has 2 saturated heterocycles. The lowest BCUT2D eigenvalue weighted by atomic mass is 10.0. The highest BCUT2D eigenvalue weighted by Crippen LogP contribution is 2.24. The molecule has 1 aromatic carbocycles. The zero-order valence-electron chi connectivity index (χ0n) is 22.4. The van der Waals surface area contributed by atoms with Crippen molar-refractivity contribution in [3.8, 4) is 11.3 Å². The van der Waals surface area contributed by atoms with E-state index in [0.29, 0.717) is 31.7 Å². The van der Waals surface area contributed by atoms with Crippen LogP contribution in [0.2, 0.25) is 0 Å². The van der Waals surface area contributed by atoms with Crippen molar-refractivity contribution in [2.24, 2.45) is 0 Å². The van der Waals surface area contributed by atoms with Crippen molar-refractivity contribution in [2.75, 3.05) is 70.2 Å². The van der Waals surface area contributed by atoms with Crippen molar-refractivity contribution in [1.82, 2.24) is 24.8 Å². The Hall–Kier alpha value is -3.89. The number of rotatable bonds is 8. The molecular formula is C29H35N7O3. The smallest absolute Gasteiger partial charge is 0.222 e. The summed E-state index contributed by atoms with van der Waals surface area (Å²) in [5.74, 6) is 0.105. The largest absolute Gasteiger partial charge is 0.382 e. The van der Waals surface area contributed by atoms with Gasteiger partial charge in [0.05, 0.1) is 25.1 Å². The molecular weight excluding hydrogens is 494 g/mol. The average Bonchev–Trinajstić information content (AvgIpc) is 2.97. The summed E-state index contributed by atoms with van der Waals surface area (Å²) in [5.41, 5.74) is 10.5. The Morgan fingerprint density at radius 1 is 0.974 bits per heavy atom. The maximum Gasteiger partial charge on any atom is 0.222 e. The standard InChI is InChI=1S/C29H35N7O3/c1-34-10-12-36(13-11-34)27(38)7-4-21-2-5-22(6-3-21)24-20-32-29(30)28(33-24)26(37)18-23-19-31-9-8-25(23)35-14-16-39-17-15-35/h2-3,5-6,8-9,19-20H,4,7,10-18H2,1H3,(H2,30,32). The summed E-state index contributed by atoms with van der Waals surface area (Å²) in [6, 6.07) is 9.82. The number of carbonyl (C=O) groups excluding carboxylic acids is 2. The first-order chi connectivity index (χ1) is 19.0. The highest BCUT2D eigenvalue weighted by molar-refractivity contribution is 6.00. The van der Waals surface area contributed by atoms with Crippen LogP contribution in [0.25, 0.3) is 11.3 Å². The number of ketones is 1. The van der Waals surface area contributed by atoms with Crippen molar-refractivity contribution in [1.29, 1.82) is 0 Å². The summed E-state index contributed by atoms with van der Waals surface area (Å²) in [6.07, 6.45) is 6.34. The number of hydrogen-bond acceptors (Lipinski definition) is 9. The Morgan fingerprint density at radius 3 is 2.46 bits per heavy atom. The molecule has 0 spiro atoms. The van der Waals surface area contributed by atoms with Gasteiger partial charge in [0, 0.05) is 81.3 Å². The molecule has 10 heteroatoms. The Morgan fingerprint density at radius 2 is 1.72 bits per heavy atom. The zero-order valence-corrected chi connectivity index (χ0v) is 22.4. The number of hydrogen-bond donors (Lipinski definition) is 1. The molecule has 0 radical (unpaired) electrons. The minimum atomic E-state index is -0.205. The molecule has 3 aromatic rings. The summed E-state index contributed by atoms with van der Waals surface area (Å²) >= 11 is 0. The Balaban J connectivity index is 1.24. The van der Waals surface area contributed by atoms with E-state index in [1.165, 1.54) is 0 Å². The molecule has 39 heavy (non-hydrogen) atoms. The highest BCUT2D eigenvalue weighted by Gasteiger charge is 2.21. The third kappa shape index (κ3) is 6.58. The van der Waals surface area contributed by atoms with Crippen LogP contribution >= 0.6 is 0 Å². The minimum Gasteiger partial charge on any atom is -0.382 e. The molecule has 2 fully saturated rings. The predicted octanol–water partition coefficient (Wildman–Crippen LogP) is 2.09. The van der Waals surface area contributed by atoms with E-state index in [-0.39, 0.29) is 29.6 Å². The average molecular weight is 530 g/mol. The van der Waals surface area contributed by atoms with Crippen molar-refractivity contribution < 1.29 is 14.3 Å². The number of likely N-dealkylation sites (N-methyl/N-ethyl adjacent to an activating group) is 1. The molecule has 2 N–H and O–H groups in total. The number of nitrogens with two attached hydrogens (primary N) is 1. The van der Waals surface area contributed by atoms with Gasteiger partial charge in [0.2, 0.25) is 5.91 Å². The number of piperazine rings is 1. The fraction of sp³-hybridized carbons (Fsp3) is 0.414. The quantitative estimate of drug-likeness (QED) is 0.438. The number of nitrogens with zero attached hydrogens (tertiary/aromatic N) is 6. The molecule has 2 aromatic heterocycles. The van der Waals surface area contributed by atoms with Crippen LogP contribution in [0.3, 0.4) is 0 Å². The molecule has 0 bridgehead atoms. The molecule has 0 saturated carbocycles. The maximum atomic E-state index is 13.3. The second kappa shape index (κ2) is 12.3. The van der Waals surface area contributed by atoms with Gasteiger partial charge in [-0.3, -0.25) is 14.6 Å². The minimum absolute atomic E-state index is 0.111. The van der Waals surface area contributed by atoms with Gasteiger partial charge in [0.25, 0.3) is 0 Å². The normalized spacial score (nSPS) is 16.3. The van der Waals surface area contributed by atoms with Gasteiger partial charge in [-0.05, 0) is 25.1 Å². The van der Waals surface area contributed by atoms with Gasteiger partial charge in [-0.1, -0.05) is 24.3 Å². The molecule has 2 aliphatic heterocycles. The van der Waals surface area contributed by atoms with Gasteiger partial charge in [0.1, 0.15) is 5.69 Å². The molecule has 10 nitrogen and oxygen atoms in total. The molecule has 0 aliphatic carbocycles. The third-order valence-corrected chi connectivity index (χ3v) is 7.38. The van der Waals surface area contributed by atoms with Crippen LogP contribution in [0, 0.1) is 0 Å². The van der Waals surface area contributed by atoms with Gasteiger partial charge in [-0.15, -0.1) is 0 Å². The fourth-order valence-corrected chi connectivity index (χ4v) is 4.98. The summed E-state index contributed by atoms with van der Waals surface area (Å²) in [6.45, 7) is 6.27. The molecule has 0 unspecified atom stereocenters.